The molecule has 0 saturated carbocycles. The predicted octanol–water partition coefficient (Wildman–Crippen LogP) is 1.11. The van der Waals surface area contributed by atoms with E-state index in [1.165, 1.54) is 11.1 Å². The van der Waals surface area contributed by atoms with Crippen LogP contribution in [0.4, 0.5) is 0 Å². The highest BCUT2D eigenvalue weighted by atomic mass is 16.3. The maximum absolute atomic E-state index is 12.1. The molecule has 0 spiro atoms. The number of amides is 1. The van der Waals surface area contributed by atoms with Crippen LogP contribution in [0.3, 0.4) is 0 Å². The van der Waals surface area contributed by atoms with E-state index < -0.39 is 5.60 Å². The predicted molar refractivity (Wildman–Crippen MR) is 79.6 cm³/mol. The topological polar surface area (TPSA) is 52.6 Å². The van der Waals surface area contributed by atoms with Crippen molar-refractivity contribution < 1.29 is 9.90 Å². The Labute approximate surface area is 120 Å². The highest BCUT2D eigenvalue weighted by Crippen LogP contribution is 2.16. The normalized spacial score (nSPS) is 21.9. The molecule has 0 aromatic heterocycles. The summed E-state index contributed by atoms with van der Waals surface area (Å²) in [5, 5.41) is 13.4. The molecule has 1 amide bonds. The largest absolute Gasteiger partial charge is 0.387 e. The van der Waals surface area contributed by atoms with Gasteiger partial charge in [0.2, 0.25) is 5.91 Å². The molecule has 1 unspecified atom stereocenters. The summed E-state index contributed by atoms with van der Waals surface area (Å²) in [5.41, 5.74) is 1.65. The van der Waals surface area contributed by atoms with Gasteiger partial charge in [0.1, 0.15) is 0 Å². The van der Waals surface area contributed by atoms with E-state index in [0.29, 0.717) is 25.9 Å². The van der Waals surface area contributed by atoms with E-state index in [1.807, 2.05) is 6.07 Å². The van der Waals surface area contributed by atoms with Crippen LogP contribution in [-0.2, 0) is 11.2 Å². The van der Waals surface area contributed by atoms with Crippen LogP contribution in [0, 0.1) is 6.92 Å². The highest BCUT2D eigenvalue weighted by Gasteiger charge is 2.33. The fourth-order valence-electron chi connectivity index (χ4n) is 2.70. The Bertz CT molecular complexity index is 467. The average Bonchev–Trinajstić information content (AvgIpc) is 2.82. The van der Waals surface area contributed by atoms with Gasteiger partial charge < -0.3 is 15.3 Å². The molecule has 20 heavy (non-hydrogen) atoms. The molecule has 110 valence electrons. The number of aliphatic hydroxyl groups is 1. The van der Waals surface area contributed by atoms with Crippen LogP contribution in [-0.4, -0.2) is 48.2 Å². The molecule has 1 aliphatic rings. The molecule has 2 N–H and O–H groups in total. The number of hydrogen-bond donors (Lipinski definition) is 2. The standard InChI is InChI=1S/C16H24N2O2/c1-13-4-3-5-14(10-13)6-7-15(19)18(2)12-16(20)8-9-17-11-16/h3-5,10,17,20H,6-9,11-12H2,1-2H3. The van der Waals surface area contributed by atoms with Crippen molar-refractivity contribution in [3.8, 4) is 0 Å². The van der Waals surface area contributed by atoms with Crippen molar-refractivity contribution in [2.75, 3.05) is 26.7 Å². The van der Waals surface area contributed by atoms with Gasteiger partial charge in [0, 0.05) is 20.0 Å². The van der Waals surface area contributed by atoms with Crippen LogP contribution >= 0.6 is 0 Å². The molecule has 1 heterocycles. The summed E-state index contributed by atoms with van der Waals surface area (Å²) in [7, 11) is 1.77. The van der Waals surface area contributed by atoms with Gasteiger partial charge in [-0.25, -0.2) is 0 Å². The summed E-state index contributed by atoms with van der Waals surface area (Å²) >= 11 is 0. The molecule has 4 heteroatoms. The number of rotatable bonds is 5. The first-order chi connectivity index (χ1) is 9.48. The highest BCUT2D eigenvalue weighted by molar-refractivity contribution is 5.76. The van der Waals surface area contributed by atoms with Gasteiger partial charge in [0.25, 0.3) is 0 Å². The molecule has 1 saturated heterocycles. The Kier molecular flexibility index (Phi) is 4.78. The van der Waals surface area contributed by atoms with Gasteiger partial charge in [-0.05, 0) is 31.9 Å². The number of aryl methyl sites for hydroxylation is 2. The van der Waals surface area contributed by atoms with Gasteiger partial charge >= 0.3 is 0 Å². The first-order valence-corrected chi connectivity index (χ1v) is 7.21. The summed E-state index contributed by atoms with van der Waals surface area (Å²) in [6.45, 7) is 3.86. The Morgan fingerprint density at radius 3 is 2.95 bits per heavy atom. The van der Waals surface area contributed by atoms with Crippen molar-refractivity contribution >= 4 is 5.91 Å². The first kappa shape index (κ1) is 15.0. The summed E-state index contributed by atoms with van der Waals surface area (Å²) in [4.78, 5) is 13.8. The molecule has 0 radical (unpaired) electrons. The number of hydrogen-bond acceptors (Lipinski definition) is 3. The maximum atomic E-state index is 12.1. The van der Waals surface area contributed by atoms with Crippen molar-refractivity contribution in [2.45, 2.75) is 31.8 Å². The Morgan fingerprint density at radius 1 is 1.50 bits per heavy atom. The zero-order chi connectivity index (χ0) is 14.6. The molecule has 2 rings (SSSR count). The van der Waals surface area contributed by atoms with Gasteiger partial charge in [-0.15, -0.1) is 0 Å². The van der Waals surface area contributed by atoms with Gasteiger partial charge in [-0.2, -0.15) is 0 Å². The lowest BCUT2D eigenvalue weighted by molar-refractivity contribution is -0.132. The summed E-state index contributed by atoms with van der Waals surface area (Å²) in [6.07, 6.45) is 1.95. The SMILES string of the molecule is Cc1cccc(CCC(=O)N(C)CC2(O)CCNC2)c1. The molecule has 1 fully saturated rings. The van der Waals surface area contributed by atoms with Crippen molar-refractivity contribution in [3.63, 3.8) is 0 Å². The fourth-order valence-corrected chi connectivity index (χ4v) is 2.70. The molecular weight excluding hydrogens is 252 g/mol. The molecule has 1 aromatic carbocycles. The lowest BCUT2D eigenvalue weighted by Gasteiger charge is -2.28. The van der Waals surface area contributed by atoms with E-state index in [4.69, 9.17) is 0 Å². The van der Waals surface area contributed by atoms with Crippen LogP contribution in [0.1, 0.15) is 24.0 Å². The molecule has 1 aromatic rings. The van der Waals surface area contributed by atoms with Gasteiger partial charge in [0.05, 0.1) is 12.1 Å². The minimum absolute atomic E-state index is 0.0897. The third kappa shape index (κ3) is 4.05. The van der Waals surface area contributed by atoms with E-state index in [9.17, 15) is 9.90 Å². The Balaban J connectivity index is 1.82. The van der Waals surface area contributed by atoms with Gasteiger partial charge in [-0.3, -0.25) is 4.79 Å². The number of carbonyl (C=O) groups is 1. The maximum Gasteiger partial charge on any atom is 0.222 e. The van der Waals surface area contributed by atoms with E-state index in [-0.39, 0.29) is 5.91 Å². The fraction of sp³-hybridized carbons (Fsp3) is 0.562. The summed E-state index contributed by atoms with van der Waals surface area (Å²) < 4.78 is 0. The molecule has 1 atom stereocenters. The number of benzene rings is 1. The second-order valence-electron chi connectivity index (χ2n) is 5.89. The van der Waals surface area contributed by atoms with Crippen molar-refractivity contribution in [3.05, 3.63) is 35.4 Å². The smallest absolute Gasteiger partial charge is 0.222 e. The molecule has 4 nitrogen and oxygen atoms in total. The van der Waals surface area contributed by atoms with Crippen LogP contribution in [0.2, 0.25) is 0 Å². The van der Waals surface area contributed by atoms with Crippen molar-refractivity contribution in [2.24, 2.45) is 0 Å². The molecule has 1 aliphatic heterocycles. The summed E-state index contributed by atoms with van der Waals surface area (Å²) in [6, 6.07) is 8.24. The Morgan fingerprint density at radius 2 is 2.30 bits per heavy atom. The zero-order valence-electron chi connectivity index (χ0n) is 12.4. The van der Waals surface area contributed by atoms with E-state index in [1.54, 1.807) is 11.9 Å². The monoisotopic (exact) mass is 276 g/mol. The first-order valence-electron chi connectivity index (χ1n) is 7.21. The summed E-state index contributed by atoms with van der Waals surface area (Å²) in [5.74, 6) is 0.0897. The molecule has 0 bridgehead atoms. The third-order valence-electron chi connectivity index (χ3n) is 3.89. The average molecular weight is 276 g/mol. The third-order valence-corrected chi connectivity index (χ3v) is 3.89. The number of carbonyl (C=O) groups excluding carboxylic acids is 1. The van der Waals surface area contributed by atoms with E-state index in [2.05, 4.69) is 30.4 Å². The zero-order valence-corrected chi connectivity index (χ0v) is 12.4. The minimum Gasteiger partial charge on any atom is -0.387 e. The van der Waals surface area contributed by atoms with E-state index in [0.717, 1.165) is 13.0 Å². The molecular formula is C16H24N2O2. The van der Waals surface area contributed by atoms with Crippen LogP contribution in [0.15, 0.2) is 24.3 Å². The van der Waals surface area contributed by atoms with Gasteiger partial charge in [0.15, 0.2) is 0 Å². The van der Waals surface area contributed by atoms with Crippen molar-refractivity contribution in [1.29, 1.82) is 0 Å². The van der Waals surface area contributed by atoms with E-state index >= 15 is 0 Å². The van der Waals surface area contributed by atoms with Gasteiger partial charge in [-0.1, -0.05) is 29.8 Å². The lowest BCUT2D eigenvalue weighted by atomic mass is 10.0. The lowest BCUT2D eigenvalue weighted by Crippen LogP contribution is -2.45. The second-order valence-corrected chi connectivity index (χ2v) is 5.89. The number of β-amino-alcohol motifs (C(OH)–C–C–N with tert-alkyl or cyclic N) is 1. The second kappa shape index (κ2) is 6.37. The van der Waals surface area contributed by atoms with Crippen molar-refractivity contribution in [1.82, 2.24) is 10.2 Å². The molecule has 0 aliphatic carbocycles. The van der Waals surface area contributed by atoms with Crippen LogP contribution < -0.4 is 5.32 Å². The number of nitrogens with one attached hydrogen (secondary N) is 1. The minimum atomic E-state index is -0.756. The number of likely N-dealkylation sites (N-methyl/N-ethyl adjacent to an activating group) is 1. The quantitative estimate of drug-likeness (QED) is 0.847. The Hall–Kier alpha value is -1.39. The van der Waals surface area contributed by atoms with Crippen LogP contribution in [0.5, 0.6) is 0 Å². The number of nitrogens with zero attached hydrogens (tertiary/aromatic N) is 1. The van der Waals surface area contributed by atoms with Crippen LogP contribution in [0.25, 0.3) is 0 Å².